The Morgan fingerprint density at radius 1 is 0.792 bits per heavy atom. The predicted molar refractivity (Wildman–Crippen MR) is 92.3 cm³/mol. The van der Waals surface area contributed by atoms with Crippen LogP contribution in [0.5, 0.6) is 0 Å². The Morgan fingerprint density at radius 3 is 1.79 bits per heavy atom. The molecule has 2 N–H and O–H groups in total. The van der Waals surface area contributed by atoms with Gasteiger partial charge >= 0.3 is 11.9 Å². The molecule has 0 rings (SSSR count). The Morgan fingerprint density at radius 2 is 1.29 bits per heavy atom. The minimum absolute atomic E-state index is 0.122. The molecular weight excluding hydrogens is 312 g/mol. The molecule has 0 aromatic heterocycles. The summed E-state index contributed by atoms with van der Waals surface area (Å²) in [5.41, 5.74) is 0. The maximum absolute atomic E-state index is 10.6. The zero-order valence-electron chi connectivity index (χ0n) is 15.0. The lowest BCUT2D eigenvalue weighted by Crippen LogP contribution is -2.25. The lowest BCUT2D eigenvalue weighted by atomic mass is 10.0. The van der Waals surface area contributed by atoms with Crippen molar-refractivity contribution in [1.29, 1.82) is 0 Å². The minimum atomic E-state index is -1.04. The van der Waals surface area contributed by atoms with Gasteiger partial charge in [0.1, 0.15) is 13.2 Å². The molecule has 0 aliphatic carbocycles. The van der Waals surface area contributed by atoms with Gasteiger partial charge in [0, 0.05) is 0 Å². The number of unbranched alkanes of at least 4 members (excludes halogenated alkanes) is 9. The van der Waals surface area contributed by atoms with Gasteiger partial charge < -0.3 is 19.7 Å². The monoisotopic (exact) mass is 346 g/mol. The Labute approximate surface area is 145 Å². The van der Waals surface area contributed by atoms with Crippen LogP contribution in [0.3, 0.4) is 0 Å². The number of rotatable bonds is 18. The van der Waals surface area contributed by atoms with Crippen LogP contribution in [0.25, 0.3) is 0 Å². The molecule has 0 saturated carbocycles. The van der Waals surface area contributed by atoms with Crippen molar-refractivity contribution < 1.29 is 29.3 Å². The van der Waals surface area contributed by atoms with E-state index in [-0.39, 0.29) is 25.9 Å². The lowest BCUT2D eigenvalue weighted by molar-refractivity contribution is -0.149. The first-order chi connectivity index (χ1) is 11.6. The fourth-order valence-electron chi connectivity index (χ4n) is 2.54. The highest BCUT2D eigenvalue weighted by molar-refractivity contribution is 5.68. The fraction of sp³-hybridized carbons (Fsp3) is 0.889. The summed E-state index contributed by atoms with van der Waals surface area (Å²) >= 11 is 0. The van der Waals surface area contributed by atoms with E-state index in [9.17, 15) is 9.59 Å². The molecule has 0 heterocycles. The number of carboxylic acid groups (broad SMARTS) is 2. The molecule has 1 atom stereocenters. The van der Waals surface area contributed by atoms with Crippen molar-refractivity contribution >= 4 is 11.9 Å². The summed E-state index contributed by atoms with van der Waals surface area (Å²) in [6, 6.07) is 0. The van der Waals surface area contributed by atoms with Gasteiger partial charge in [0.25, 0.3) is 0 Å². The third kappa shape index (κ3) is 17.2. The molecule has 1 unspecified atom stereocenters. The van der Waals surface area contributed by atoms with Gasteiger partial charge in [-0.2, -0.15) is 0 Å². The zero-order chi connectivity index (χ0) is 18.0. The van der Waals surface area contributed by atoms with Gasteiger partial charge in [0.05, 0.1) is 12.7 Å². The maximum Gasteiger partial charge on any atom is 0.329 e. The van der Waals surface area contributed by atoms with Crippen molar-refractivity contribution in [3.63, 3.8) is 0 Å². The van der Waals surface area contributed by atoms with Crippen molar-refractivity contribution in [2.24, 2.45) is 0 Å². The molecule has 142 valence electrons. The summed E-state index contributed by atoms with van der Waals surface area (Å²) < 4.78 is 10.3. The molecule has 6 heteroatoms. The van der Waals surface area contributed by atoms with Gasteiger partial charge in [-0.05, 0) is 6.42 Å². The molecule has 0 fully saturated rings. The first-order valence-electron chi connectivity index (χ1n) is 9.19. The Balaban J connectivity index is 3.64. The average molecular weight is 346 g/mol. The number of aliphatic carboxylic acids is 2. The zero-order valence-corrected chi connectivity index (χ0v) is 15.0. The maximum atomic E-state index is 10.6. The fourth-order valence-corrected chi connectivity index (χ4v) is 2.54. The van der Waals surface area contributed by atoms with Crippen LogP contribution in [0.1, 0.15) is 77.6 Å². The lowest BCUT2D eigenvalue weighted by Gasteiger charge is -2.16. The van der Waals surface area contributed by atoms with E-state index in [4.69, 9.17) is 19.7 Å². The number of carbonyl (C=O) groups is 2. The largest absolute Gasteiger partial charge is 0.480 e. The molecule has 0 amide bonds. The van der Waals surface area contributed by atoms with E-state index < -0.39 is 11.9 Å². The number of hydrogen-bond donors (Lipinski definition) is 2. The molecule has 0 spiro atoms. The predicted octanol–water partition coefficient (Wildman–Crippen LogP) is 3.87. The van der Waals surface area contributed by atoms with Crippen LogP contribution in [-0.2, 0) is 19.1 Å². The second-order valence-corrected chi connectivity index (χ2v) is 6.21. The standard InChI is InChI=1S/C18H34O6/c1-2-3-4-5-6-7-8-9-10-11-12-16(24-15-18(21)22)13-23-14-17(19)20/h16H,2-15H2,1H3,(H,19,20)(H,21,22). The number of hydrogen-bond acceptors (Lipinski definition) is 4. The summed E-state index contributed by atoms with van der Waals surface area (Å²) in [6.45, 7) is 1.58. The Kier molecular flexibility index (Phi) is 15.9. The van der Waals surface area contributed by atoms with Gasteiger partial charge in [0.15, 0.2) is 0 Å². The van der Waals surface area contributed by atoms with Crippen molar-refractivity contribution in [1.82, 2.24) is 0 Å². The van der Waals surface area contributed by atoms with E-state index in [0.717, 1.165) is 12.8 Å². The van der Waals surface area contributed by atoms with Crippen LogP contribution >= 0.6 is 0 Å². The highest BCUT2D eigenvalue weighted by Crippen LogP contribution is 2.13. The first kappa shape index (κ1) is 22.9. The SMILES string of the molecule is CCCCCCCCCCCCC(COCC(=O)O)OCC(=O)O. The summed E-state index contributed by atoms with van der Waals surface area (Å²) in [5.74, 6) is -2.06. The van der Waals surface area contributed by atoms with Crippen LogP contribution in [-0.4, -0.2) is 48.1 Å². The molecule has 0 radical (unpaired) electrons. The highest BCUT2D eigenvalue weighted by atomic mass is 16.5. The van der Waals surface area contributed by atoms with E-state index in [1.165, 1.54) is 51.4 Å². The van der Waals surface area contributed by atoms with Crippen LogP contribution in [0, 0.1) is 0 Å². The summed E-state index contributed by atoms with van der Waals surface area (Å²) in [7, 11) is 0. The van der Waals surface area contributed by atoms with Gasteiger partial charge in [-0.25, -0.2) is 9.59 Å². The molecule has 0 saturated heterocycles. The van der Waals surface area contributed by atoms with Gasteiger partial charge in [-0.15, -0.1) is 0 Å². The van der Waals surface area contributed by atoms with Gasteiger partial charge in [-0.3, -0.25) is 0 Å². The molecular formula is C18H34O6. The molecule has 0 aliphatic heterocycles. The average Bonchev–Trinajstić information content (AvgIpc) is 2.53. The van der Waals surface area contributed by atoms with Crippen LogP contribution < -0.4 is 0 Å². The molecule has 0 aromatic carbocycles. The van der Waals surface area contributed by atoms with Crippen molar-refractivity contribution in [2.45, 2.75) is 83.7 Å². The van der Waals surface area contributed by atoms with Crippen molar-refractivity contribution in [3.8, 4) is 0 Å². The van der Waals surface area contributed by atoms with E-state index in [0.29, 0.717) is 6.42 Å². The van der Waals surface area contributed by atoms with E-state index in [1.807, 2.05) is 0 Å². The summed E-state index contributed by atoms with van der Waals surface area (Å²) in [6.07, 6.45) is 12.7. The molecule has 24 heavy (non-hydrogen) atoms. The van der Waals surface area contributed by atoms with E-state index in [1.54, 1.807) is 0 Å². The van der Waals surface area contributed by atoms with Gasteiger partial charge in [-0.1, -0.05) is 71.1 Å². The normalized spacial score (nSPS) is 12.2. The Hall–Kier alpha value is -1.14. The smallest absolute Gasteiger partial charge is 0.329 e. The number of ether oxygens (including phenoxy) is 2. The third-order valence-corrected chi connectivity index (χ3v) is 3.85. The highest BCUT2D eigenvalue weighted by Gasteiger charge is 2.12. The van der Waals surface area contributed by atoms with Crippen molar-refractivity contribution in [2.75, 3.05) is 19.8 Å². The topological polar surface area (TPSA) is 93.1 Å². The molecule has 0 aliphatic rings. The van der Waals surface area contributed by atoms with Gasteiger partial charge in [0.2, 0.25) is 0 Å². The van der Waals surface area contributed by atoms with Crippen molar-refractivity contribution in [3.05, 3.63) is 0 Å². The Bertz CT molecular complexity index is 319. The summed E-state index contributed by atoms with van der Waals surface area (Å²) in [5, 5.41) is 17.2. The minimum Gasteiger partial charge on any atom is -0.480 e. The summed E-state index contributed by atoms with van der Waals surface area (Å²) in [4.78, 5) is 21.0. The molecule has 0 bridgehead atoms. The van der Waals surface area contributed by atoms with Crippen LogP contribution in [0.2, 0.25) is 0 Å². The quantitative estimate of drug-likeness (QED) is 0.366. The third-order valence-electron chi connectivity index (χ3n) is 3.85. The first-order valence-corrected chi connectivity index (χ1v) is 9.19. The van der Waals surface area contributed by atoms with Crippen LogP contribution in [0.4, 0.5) is 0 Å². The second-order valence-electron chi connectivity index (χ2n) is 6.21. The molecule has 6 nitrogen and oxygen atoms in total. The molecule has 0 aromatic rings. The second kappa shape index (κ2) is 16.7. The number of carboxylic acids is 2. The van der Waals surface area contributed by atoms with E-state index in [2.05, 4.69) is 6.92 Å². The van der Waals surface area contributed by atoms with E-state index >= 15 is 0 Å². The van der Waals surface area contributed by atoms with Crippen LogP contribution in [0.15, 0.2) is 0 Å².